The normalized spacial score (nSPS) is 17.6. The summed E-state index contributed by atoms with van der Waals surface area (Å²) >= 11 is 0. The lowest BCUT2D eigenvalue weighted by molar-refractivity contribution is 0.0340. The van der Waals surface area contributed by atoms with Crippen molar-refractivity contribution in [3.8, 4) is 11.5 Å². The number of aryl methyl sites for hydroxylation is 2. The second-order valence-corrected chi connectivity index (χ2v) is 10.4. The van der Waals surface area contributed by atoms with Gasteiger partial charge in [0.1, 0.15) is 28.6 Å². The molecule has 1 aliphatic heterocycles. The second kappa shape index (κ2) is 10.6. The zero-order valence-electron chi connectivity index (χ0n) is 20.7. The molecule has 0 aromatic heterocycles. The van der Waals surface area contributed by atoms with Gasteiger partial charge in [0.05, 0.1) is 25.9 Å². The fraction of sp³-hybridized carbons (Fsp3) is 0.296. The van der Waals surface area contributed by atoms with Gasteiger partial charge in [-0.05, 0) is 49.7 Å². The number of sulfonamides is 1. The molecule has 4 rings (SSSR count). The number of benzene rings is 3. The van der Waals surface area contributed by atoms with Crippen LogP contribution in [0, 0.1) is 13.8 Å². The van der Waals surface area contributed by atoms with E-state index in [9.17, 15) is 13.2 Å². The Labute approximate surface area is 211 Å². The zero-order valence-corrected chi connectivity index (χ0v) is 21.5. The van der Waals surface area contributed by atoms with E-state index >= 15 is 0 Å². The highest BCUT2D eigenvalue weighted by atomic mass is 32.2. The van der Waals surface area contributed by atoms with Crippen molar-refractivity contribution in [1.82, 2.24) is 4.90 Å². The number of amides is 1. The van der Waals surface area contributed by atoms with Crippen LogP contribution in [0.25, 0.3) is 0 Å². The molecule has 0 unspecified atom stereocenters. The van der Waals surface area contributed by atoms with E-state index in [-0.39, 0.29) is 22.7 Å². The number of methoxy groups -OCH3 is 2. The minimum absolute atomic E-state index is 0.0367. The summed E-state index contributed by atoms with van der Waals surface area (Å²) in [6, 6.07) is 18.9. The van der Waals surface area contributed by atoms with Crippen molar-refractivity contribution >= 4 is 21.6 Å². The van der Waals surface area contributed by atoms with Gasteiger partial charge in [0.25, 0.3) is 15.9 Å². The molecule has 0 radical (unpaired) electrons. The molecule has 0 aliphatic carbocycles. The van der Waals surface area contributed by atoms with Crippen molar-refractivity contribution in [2.24, 2.45) is 0 Å². The molecule has 1 fully saturated rings. The Morgan fingerprint density at radius 3 is 2.44 bits per heavy atom. The van der Waals surface area contributed by atoms with Crippen LogP contribution in [0.5, 0.6) is 11.5 Å². The van der Waals surface area contributed by atoms with Gasteiger partial charge in [-0.25, -0.2) is 8.42 Å². The first kappa shape index (κ1) is 25.5. The maximum Gasteiger partial charge on any atom is 0.265 e. The Kier molecular flexibility index (Phi) is 7.51. The van der Waals surface area contributed by atoms with Crippen molar-refractivity contribution in [2.45, 2.75) is 31.0 Å². The number of para-hydroxylation sites is 1. The molecule has 1 heterocycles. The third kappa shape index (κ3) is 5.47. The summed E-state index contributed by atoms with van der Waals surface area (Å²) in [7, 11) is -0.872. The molecule has 190 valence electrons. The zero-order chi connectivity index (χ0) is 25.9. The lowest BCUT2D eigenvalue weighted by Gasteiger charge is -2.19. The molecule has 0 spiro atoms. The molecule has 3 aromatic rings. The highest BCUT2D eigenvalue weighted by molar-refractivity contribution is 7.92. The van der Waals surface area contributed by atoms with Gasteiger partial charge in [0.15, 0.2) is 0 Å². The van der Waals surface area contributed by atoms with Crippen LogP contribution in [0.15, 0.2) is 71.6 Å². The SMILES string of the molecule is COc1ccccc1S(=O)(=O)Nc1cccc(O[C@@H]2CN(C(=O)c3cc(C)ccc3C)C[C@@H]2OC)c1. The Bertz CT molecular complexity index is 1360. The van der Waals surface area contributed by atoms with E-state index in [2.05, 4.69) is 4.72 Å². The minimum atomic E-state index is -3.88. The first-order valence-corrected chi connectivity index (χ1v) is 13.0. The number of nitrogens with one attached hydrogen (secondary N) is 1. The highest BCUT2D eigenvalue weighted by Gasteiger charge is 2.37. The average Bonchev–Trinajstić information content (AvgIpc) is 3.27. The van der Waals surface area contributed by atoms with Gasteiger partial charge in [0.2, 0.25) is 0 Å². The van der Waals surface area contributed by atoms with E-state index in [1.165, 1.54) is 13.2 Å². The molecule has 36 heavy (non-hydrogen) atoms. The van der Waals surface area contributed by atoms with Gasteiger partial charge in [-0.2, -0.15) is 0 Å². The van der Waals surface area contributed by atoms with E-state index < -0.39 is 16.1 Å². The van der Waals surface area contributed by atoms with Crippen LogP contribution in [0.3, 0.4) is 0 Å². The Morgan fingerprint density at radius 1 is 0.944 bits per heavy atom. The van der Waals surface area contributed by atoms with Crippen molar-refractivity contribution in [3.05, 3.63) is 83.4 Å². The maximum atomic E-state index is 13.2. The fourth-order valence-electron chi connectivity index (χ4n) is 4.24. The van der Waals surface area contributed by atoms with Crippen LogP contribution < -0.4 is 14.2 Å². The molecule has 1 N–H and O–H groups in total. The van der Waals surface area contributed by atoms with Crippen molar-refractivity contribution in [3.63, 3.8) is 0 Å². The van der Waals surface area contributed by atoms with Crippen LogP contribution >= 0.6 is 0 Å². The quantitative estimate of drug-likeness (QED) is 0.492. The van der Waals surface area contributed by atoms with Crippen molar-refractivity contribution in [2.75, 3.05) is 32.0 Å². The molecule has 0 saturated carbocycles. The van der Waals surface area contributed by atoms with Crippen molar-refractivity contribution in [1.29, 1.82) is 0 Å². The average molecular weight is 511 g/mol. The van der Waals surface area contributed by atoms with Crippen LogP contribution in [0.4, 0.5) is 5.69 Å². The lowest BCUT2D eigenvalue weighted by Crippen LogP contribution is -2.32. The summed E-state index contributed by atoms with van der Waals surface area (Å²) in [6.45, 7) is 4.62. The third-order valence-corrected chi connectivity index (χ3v) is 7.58. The summed E-state index contributed by atoms with van der Waals surface area (Å²) in [6.07, 6.45) is -0.738. The topological polar surface area (TPSA) is 94.2 Å². The molecule has 1 amide bonds. The Morgan fingerprint density at radius 2 is 1.69 bits per heavy atom. The molecular formula is C27H30N2O6S. The number of hydrogen-bond acceptors (Lipinski definition) is 6. The smallest absolute Gasteiger partial charge is 0.265 e. The number of ether oxygens (including phenoxy) is 3. The van der Waals surface area contributed by atoms with E-state index in [1.807, 2.05) is 32.0 Å². The van der Waals surface area contributed by atoms with Gasteiger partial charge < -0.3 is 19.1 Å². The first-order chi connectivity index (χ1) is 17.2. The molecule has 0 bridgehead atoms. The molecule has 2 atom stereocenters. The summed E-state index contributed by atoms with van der Waals surface area (Å²) < 4.78 is 45.4. The Balaban J connectivity index is 1.49. The molecule has 1 aliphatic rings. The van der Waals surface area contributed by atoms with Gasteiger partial charge in [-0.3, -0.25) is 9.52 Å². The van der Waals surface area contributed by atoms with E-state index in [0.717, 1.165) is 11.1 Å². The van der Waals surface area contributed by atoms with E-state index in [0.29, 0.717) is 30.1 Å². The largest absolute Gasteiger partial charge is 0.495 e. The number of hydrogen-bond donors (Lipinski definition) is 1. The molecule has 1 saturated heterocycles. The standard InChI is InChI=1S/C27H30N2O6S/c1-18-12-13-19(2)22(14-18)27(30)29-16-24(34-4)25(17-29)35-21-9-7-8-20(15-21)28-36(31,32)26-11-6-5-10-23(26)33-3/h5-15,24-25,28H,16-17H2,1-4H3/t24-,25+/m0/s1. The predicted octanol–water partition coefficient (Wildman–Crippen LogP) is 4.03. The predicted molar refractivity (Wildman–Crippen MR) is 137 cm³/mol. The number of carbonyl (C=O) groups excluding carboxylic acids is 1. The summed E-state index contributed by atoms with van der Waals surface area (Å²) in [5.41, 5.74) is 2.94. The van der Waals surface area contributed by atoms with Gasteiger partial charge >= 0.3 is 0 Å². The lowest BCUT2D eigenvalue weighted by atomic mass is 10.0. The maximum absolute atomic E-state index is 13.2. The highest BCUT2D eigenvalue weighted by Crippen LogP contribution is 2.28. The molecular weight excluding hydrogens is 480 g/mol. The summed E-state index contributed by atoms with van der Waals surface area (Å²) in [5, 5.41) is 0. The fourth-order valence-corrected chi connectivity index (χ4v) is 5.47. The van der Waals surface area contributed by atoms with Crippen LogP contribution in [0.1, 0.15) is 21.5 Å². The second-order valence-electron chi connectivity index (χ2n) is 8.74. The molecule has 8 nitrogen and oxygen atoms in total. The number of likely N-dealkylation sites (tertiary alicyclic amines) is 1. The third-order valence-electron chi connectivity index (χ3n) is 6.16. The Hall–Kier alpha value is -3.56. The van der Waals surface area contributed by atoms with Gasteiger partial charge in [-0.1, -0.05) is 35.9 Å². The summed E-state index contributed by atoms with van der Waals surface area (Å²) in [4.78, 5) is 15.0. The van der Waals surface area contributed by atoms with Crippen LogP contribution in [0.2, 0.25) is 0 Å². The minimum Gasteiger partial charge on any atom is -0.495 e. The first-order valence-electron chi connectivity index (χ1n) is 11.5. The van der Waals surface area contributed by atoms with Crippen LogP contribution in [-0.4, -0.2) is 58.7 Å². The van der Waals surface area contributed by atoms with E-state index in [4.69, 9.17) is 14.2 Å². The van der Waals surface area contributed by atoms with E-state index in [1.54, 1.807) is 54.5 Å². The number of carbonyl (C=O) groups is 1. The monoisotopic (exact) mass is 510 g/mol. The summed E-state index contributed by atoms with van der Waals surface area (Å²) in [5.74, 6) is 0.644. The van der Waals surface area contributed by atoms with Crippen molar-refractivity contribution < 1.29 is 27.4 Å². The molecule has 3 aromatic carbocycles. The van der Waals surface area contributed by atoms with Crippen LogP contribution in [-0.2, 0) is 14.8 Å². The van der Waals surface area contributed by atoms with Gasteiger partial charge in [-0.15, -0.1) is 0 Å². The number of nitrogens with zero attached hydrogens (tertiary/aromatic N) is 1. The number of rotatable bonds is 8. The molecule has 9 heteroatoms. The van der Waals surface area contributed by atoms with Gasteiger partial charge in [0, 0.05) is 18.7 Å². The number of anilines is 1.